The molecular formula is C23H19FN2O4. The number of amides is 1. The van der Waals surface area contributed by atoms with Crippen LogP contribution in [0.4, 0.5) is 4.39 Å². The summed E-state index contributed by atoms with van der Waals surface area (Å²) in [5, 5.41) is 3.90. The lowest BCUT2D eigenvalue weighted by atomic mass is 10.1. The van der Waals surface area contributed by atoms with E-state index in [0.29, 0.717) is 23.5 Å². The van der Waals surface area contributed by atoms with Gasteiger partial charge in [-0.1, -0.05) is 12.1 Å². The number of nitrogens with one attached hydrogen (secondary N) is 1. The summed E-state index contributed by atoms with van der Waals surface area (Å²) in [6.45, 7) is 0.350. The molecule has 0 aromatic heterocycles. The first-order chi connectivity index (χ1) is 14.5. The van der Waals surface area contributed by atoms with Crippen molar-refractivity contribution in [2.45, 2.75) is 6.61 Å². The smallest absolute Gasteiger partial charge is 0.337 e. The van der Waals surface area contributed by atoms with Gasteiger partial charge in [0.1, 0.15) is 18.2 Å². The molecule has 3 aromatic rings. The largest absolute Gasteiger partial charge is 0.489 e. The lowest BCUT2D eigenvalue weighted by Gasteiger charge is -2.07. The maximum Gasteiger partial charge on any atom is 0.337 e. The van der Waals surface area contributed by atoms with E-state index in [1.807, 2.05) is 0 Å². The van der Waals surface area contributed by atoms with E-state index in [-0.39, 0.29) is 5.97 Å². The molecule has 1 amide bonds. The van der Waals surface area contributed by atoms with Crippen LogP contribution in [0.1, 0.15) is 31.8 Å². The summed E-state index contributed by atoms with van der Waals surface area (Å²) in [5.41, 5.74) is 4.87. The molecule has 152 valence electrons. The number of benzene rings is 3. The summed E-state index contributed by atoms with van der Waals surface area (Å²) in [6, 6.07) is 19.3. The van der Waals surface area contributed by atoms with Gasteiger partial charge in [-0.3, -0.25) is 4.79 Å². The van der Waals surface area contributed by atoms with Crippen LogP contribution in [0.2, 0.25) is 0 Å². The Bertz CT molecular complexity index is 1030. The molecule has 0 atom stereocenters. The molecule has 0 aliphatic carbocycles. The van der Waals surface area contributed by atoms with Crippen molar-refractivity contribution in [2.24, 2.45) is 5.10 Å². The van der Waals surface area contributed by atoms with E-state index in [4.69, 9.17) is 4.74 Å². The van der Waals surface area contributed by atoms with E-state index < -0.39 is 11.7 Å². The zero-order valence-electron chi connectivity index (χ0n) is 16.2. The molecule has 30 heavy (non-hydrogen) atoms. The number of carbonyl (C=O) groups is 2. The standard InChI is InChI=1S/C23H19FN2O4/c1-29-23(28)19-6-2-17(3-7-19)15-30-21-12-4-16(5-13-21)14-25-26-22(27)18-8-10-20(24)11-9-18/h2-14H,15H2,1H3,(H,26,27)/b25-14-. The van der Waals surface area contributed by atoms with Crippen molar-refractivity contribution in [3.8, 4) is 5.75 Å². The van der Waals surface area contributed by atoms with Gasteiger partial charge in [0.15, 0.2) is 0 Å². The number of rotatable bonds is 7. The maximum atomic E-state index is 12.9. The van der Waals surface area contributed by atoms with Crippen molar-refractivity contribution < 1.29 is 23.5 Å². The summed E-state index contributed by atoms with van der Waals surface area (Å²) in [4.78, 5) is 23.3. The second kappa shape index (κ2) is 9.97. The molecule has 0 aliphatic rings. The van der Waals surface area contributed by atoms with Gasteiger partial charge in [-0.2, -0.15) is 5.10 Å². The number of nitrogens with zero attached hydrogens (tertiary/aromatic N) is 1. The minimum atomic E-state index is -0.426. The van der Waals surface area contributed by atoms with Gasteiger partial charge in [0, 0.05) is 5.56 Å². The Kier molecular flexibility index (Phi) is 6.89. The zero-order chi connectivity index (χ0) is 21.3. The lowest BCUT2D eigenvalue weighted by Crippen LogP contribution is -2.17. The third kappa shape index (κ3) is 5.75. The fourth-order valence-electron chi connectivity index (χ4n) is 2.50. The molecule has 7 heteroatoms. The molecule has 0 bridgehead atoms. The molecule has 3 rings (SSSR count). The van der Waals surface area contributed by atoms with Gasteiger partial charge in [0.05, 0.1) is 18.9 Å². The van der Waals surface area contributed by atoms with Crippen LogP contribution < -0.4 is 10.2 Å². The summed E-state index contributed by atoms with van der Waals surface area (Å²) < 4.78 is 23.3. The van der Waals surface area contributed by atoms with E-state index in [1.54, 1.807) is 48.5 Å². The van der Waals surface area contributed by atoms with E-state index in [1.165, 1.54) is 37.6 Å². The van der Waals surface area contributed by atoms with Gasteiger partial charge in [-0.15, -0.1) is 0 Å². The molecule has 0 aliphatic heterocycles. The summed E-state index contributed by atoms with van der Waals surface area (Å²) in [7, 11) is 1.34. The average Bonchev–Trinajstić information content (AvgIpc) is 2.78. The molecule has 0 saturated carbocycles. The Morgan fingerprint density at radius 3 is 2.20 bits per heavy atom. The summed E-state index contributed by atoms with van der Waals surface area (Å²) in [5.74, 6) is -0.548. The second-order valence-electron chi connectivity index (χ2n) is 6.25. The van der Waals surface area contributed by atoms with E-state index in [2.05, 4.69) is 15.3 Å². The van der Waals surface area contributed by atoms with Gasteiger partial charge in [-0.25, -0.2) is 14.6 Å². The molecule has 1 N–H and O–H groups in total. The van der Waals surface area contributed by atoms with Gasteiger partial charge in [0.25, 0.3) is 5.91 Å². The molecule has 0 saturated heterocycles. The van der Waals surface area contributed by atoms with Crippen LogP contribution in [0.5, 0.6) is 5.75 Å². The number of hydrogen-bond donors (Lipinski definition) is 1. The van der Waals surface area contributed by atoms with Crippen LogP contribution in [0.25, 0.3) is 0 Å². The quantitative estimate of drug-likeness (QED) is 0.366. The van der Waals surface area contributed by atoms with E-state index >= 15 is 0 Å². The SMILES string of the molecule is COC(=O)c1ccc(COc2ccc(/C=N\NC(=O)c3ccc(F)cc3)cc2)cc1. The van der Waals surface area contributed by atoms with Crippen LogP contribution in [0.3, 0.4) is 0 Å². The van der Waals surface area contributed by atoms with Crippen molar-refractivity contribution >= 4 is 18.1 Å². The number of esters is 1. The molecule has 3 aromatic carbocycles. The van der Waals surface area contributed by atoms with Gasteiger partial charge < -0.3 is 9.47 Å². The van der Waals surface area contributed by atoms with Crippen molar-refractivity contribution in [3.63, 3.8) is 0 Å². The summed E-state index contributed by atoms with van der Waals surface area (Å²) >= 11 is 0. The third-order valence-electron chi connectivity index (χ3n) is 4.15. The second-order valence-corrected chi connectivity index (χ2v) is 6.25. The lowest BCUT2D eigenvalue weighted by molar-refractivity contribution is 0.0600. The minimum Gasteiger partial charge on any atom is -0.489 e. The molecule has 0 fully saturated rings. The Morgan fingerprint density at radius 2 is 1.57 bits per heavy atom. The van der Waals surface area contributed by atoms with Crippen LogP contribution >= 0.6 is 0 Å². The molecule has 0 heterocycles. The number of methoxy groups -OCH3 is 1. The monoisotopic (exact) mass is 406 g/mol. The number of hydrazone groups is 1. The van der Waals surface area contributed by atoms with Crippen molar-refractivity contribution in [2.75, 3.05) is 7.11 Å². The predicted octanol–water partition coefficient (Wildman–Crippen LogP) is 3.96. The molecule has 0 radical (unpaired) electrons. The first-order valence-electron chi connectivity index (χ1n) is 9.04. The molecular weight excluding hydrogens is 387 g/mol. The van der Waals surface area contributed by atoms with E-state index in [0.717, 1.165) is 11.1 Å². The maximum absolute atomic E-state index is 12.9. The van der Waals surface area contributed by atoms with Gasteiger partial charge in [-0.05, 0) is 71.8 Å². The fourth-order valence-corrected chi connectivity index (χ4v) is 2.50. The number of ether oxygens (including phenoxy) is 2. The Morgan fingerprint density at radius 1 is 0.933 bits per heavy atom. The Hall–Kier alpha value is -4.00. The first kappa shape index (κ1) is 20.7. The van der Waals surface area contributed by atoms with Crippen molar-refractivity contribution in [1.82, 2.24) is 5.43 Å². The molecule has 0 spiro atoms. The van der Waals surface area contributed by atoms with Crippen LogP contribution in [0, 0.1) is 5.82 Å². The van der Waals surface area contributed by atoms with Crippen molar-refractivity contribution in [3.05, 3.63) is 101 Å². The van der Waals surface area contributed by atoms with E-state index in [9.17, 15) is 14.0 Å². The minimum absolute atomic E-state index is 0.317. The number of hydrogen-bond acceptors (Lipinski definition) is 5. The normalized spacial score (nSPS) is 10.6. The fraction of sp³-hybridized carbons (Fsp3) is 0.0870. The predicted molar refractivity (Wildman–Crippen MR) is 110 cm³/mol. The Labute approximate surface area is 173 Å². The average molecular weight is 406 g/mol. The Balaban J connectivity index is 1.49. The van der Waals surface area contributed by atoms with Crippen LogP contribution in [-0.2, 0) is 11.3 Å². The molecule has 6 nitrogen and oxygen atoms in total. The topological polar surface area (TPSA) is 77.0 Å². The summed E-state index contributed by atoms with van der Waals surface area (Å²) in [6.07, 6.45) is 1.50. The van der Waals surface area contributed by atoms with Gasteiger partial charge in [0.2, 0.25) is 0 Å². The van der Waals surface area contributed by atoms with Gasteiger partial charge >= 0.3 is 5.97 Å². The highest BCUT2D eigenvalue weighted by molar-refractivity contribution is 5.94. The first-order valence-corrected chi connectivity index (χ1v) is 9.04. The molecule has 0 unspecified atom stereocenters. The van der Waals surface area contributed by atoms with Crippen LogP contribution in [-0.4, -0.2) is 25.2 Å². The highest BCUT2D eigenvalue weighted by Crippen LogP contribution is 2.14. The number of halogens is 1. The highest BCUT2D eigenvalue weighted by Gasteiger charge is 2.05. The van der Waals surface area contributed by atoms with Crippen molar-refractivity contribution in [1.29, 1.82) is 0 Å². The number of carbonyl (C=O) groups excluding carboxylic acids is 2. The zero-order valence-corrected chi connectivity index (χ0v) is 16.2. The third-order valence-corrected chi connectivity index (χ3v) is 4.15. The highest BCUT2D eigenvalue weighted by atomic mass is 19.1. The van der Waals surface area contributed by atoms with Crippen LogP contribution in [0.15, 0.2) is 77.9 Å².